The second-order valence-electron chi connectivity index (χ2n) is 8.09. The van der Waals surface area contributed by atoms with Gasteiger partial charge in [0.05, 0.1) is 26.5 Å². The van der Waals surface area contributed by atoms with Gasteiger partial charge >= 0.3 is 0 Å². The van der Waals surface area contributed by atoms with Crippen LogP contribution < -0.4 is 5.32 Å². The Morgan fingerprint density at radius 1 is 1.13 bits per heavy atom. The van der Waals surface area contributed by atoms with Crippen molar-refractivity contribution in [2.45, 2.75) is 43.5 Å². The van der Waals surface area contributed by atoms with Crippen LogP contribution in [0.1, 0.15) is 48.0 Å². The van der Waals surface area contributed by atoms with Crippen molar-refractivity contribution in [3.63, 3.8) is 0 Å². The number of hydrogen-bond donors (Lipinski definition) is 1. The zero-order chi connectivity index (χ0) is 21.8. The normalized spacial score (nSPS) is 14.9. The molecule has 1 N–H and O–H groups in total. The van der Waals surface area contributed by atoms with Crippen LogP contribution in [0.15, 0.2) is 53.4 Å². The molecule has 1 aliphatic heterocycles. The Labute approximate surface area is 191 Å². The molecular formula is C24H27N3O2S2. The van der Waals surface area contributed by atoms with E-state index in [1.54, 1.807) is 11.3 Å². The fourth-order valence-corrected chi connectivity index (χ4v) is 5.83. The summed E-state index contributed by atoms with van der Waals surface area (Å²) in [7, 11) is 0. The second-order valence-corrected chi connectivity index (χ2v) is 10.2. The molecule has 1 saturated heterocycles. The number of thiazole rings is 1. The number of fused-ring (bicyclic) bond motifs is 1. The number of aromatic nitrogens is 1. The molecule has 1 aromatic heterocycles. The van der Waals surface area contributed by atoms with Crippen molar-refractivity contribution in [3.8, 4) is 0 Å². The molecule has 5 nitrogen and oxygen atoms in total. The Bertz CT molecular complexity index is 1040. The molecule has 2 amide bonds. The van der Waals surface area contributed by atoms with Crippen LogP contribution in [-0.4, -0.2) is 46.6 Å². The van der Waals surface area contributed by atoms with E-state index in [1.165, 1.54) is 21.5 Å². The molecule has 0 unspecified atom stereocenters. The van der Waals surface area contributed by atoms with Gasteiger partial charge in [0.2, 0.25) is 5.91 Å². The number of carbonyl (C=O) groups excluding carboxylic acids is 2. The summed E-state index contributed by atoms with van der Waals surface area (Å²) < 4.78 is 1.23. The summed E-state index contributed by atoms with van der Waals surface area (Å²) >= 11 is 3.19. The first kappa shape index (κ1) is 21.8. The third-order valence-electron chi connectivity index (χ3n) is 5.37. The summed E-state index contributed by atoms with van der Waals surface area (Å²) in [5.74, 6) is 0.752. The molecule has 0 radical (unpaired) electrons. The average molecular weight is 454 g/mol. The second kappa shape index (κ2) is 9.83. The summed E-state index contributed by atoms with van der Waals surface area (Å²) in [6.07, 6.45) is 1.86. The lowest BCUT2D eigenvalue weighted by Crippen LogP contribution is -2.38. The Kier molecular flexibility index (Phi) is 6.92. The van der Waals surface area contributed by atoms with Gasteiger partial charge in [-0.25, -0.2) is 4.98 Å². The number of para-hydroxylation sites is 1. The molecule has 31 heavy (non-hydrogen) atoms. The fourth-order valence-electron chi connectivity index (χ4n) is 3.84. The standard InChI is InChI=1S/C24H27N3O2S2/c1-16(2)25-22(28)15-30-20-9-5-3-7-18(20)24(29)27-13-11-17(12-14-27)23-26-19-8-4-6-10-21(19)31-23/h3-10,16-17H,11-15H2,1-2H3,(H,25,28). The van der Waals surface area contributed by atoms with Gasteiger partial charge < -0.3 is 10.2 Å². The molecule has 1 aliphatic rings. The quantitative estimate of drug-likeness (QED) is 0.538. The summed E-state index contributed by atoms with van der Waals surface area (Å²) in [6.45, 7) is 5.34. The molecule has 0 spiro atoms. The number of benzene rings is 2. The van der Waals surface area contributed by atoms with Gasteiger partial charge in [-0.2, -0.15) is 0 Å². The highest BCUT2D eigenvalue weighted by atomic mass is 32.2. The predicted molar refractivity (Wildman–Crippen MR) is 128 cm³/mol. The number of thioether (sulfide) groups is 1. The molecule has 2 aromatic carbocycles. The SMILES string of the molecule is CC(C)NC(=O)CSc1ccccc1C(=O)N1CCC(c2nc3ccccc3s2)CC1. The Balaban J connectivity index is 1.39. The van der Waals surface area contributed by atoms with E-state index in [1.807, 2.05) is 55.1 Å². The maximum absolute atomic E-state index is 13.2. The molecule has 0 saturated carbocycles. The van der Waals surface area contributed by atoms with Crippen LogP contribution in [0, 0.1) is 0 Å². The topological polar surface area (TPSA) is 62.3 Å². The maximum atomic E-state index is 13.2. The van der Waals surface area contributed by atoms with E-state index in [2.05, 4.69) is 17.4 Å². The van der Waals surface area contributed by atoms with Crippen molar-refractivity contribution in [1.29, 1.82) is 0 Å². The van der Waals surface area contributed by atoms with E-state index < -0.39 is 0 Å². The number of nitrogens with zero attached hydrogens (tertiary/aromatic N) is 2. The molecular weight excluding hydrogens is 426 g/mol. The van der Waals surface area contributed by atoms with Crippen LogP contribution >= 0.6 is 23.1 Å². The summed E-state index contributed by atoms with van der Waals surface area (Å²) in [5, 5.41) is 4.08. The van der Waals surface area contributed by atoms with Crippen LogP contribution in [0.3, 0.4) is 0 Å². The largest absolute Gasteiger partial charge is 0.353 e. The van der Waals surface area contributed by atoms with E-state index in [0.29, 0.717) is 17.2 Å². The molecule has 0 atom stereocenters. The number of nitrogens with one attached hydrogen (secondary N) is 1. The Morgan fingerprint density at radius 2 is 1.84 bits per heavy atom. The highest BCUT2D eigenvalue weighted by Gasteiger charge is 2.27. The molecule has 0 aliphatic carbocycles. The molecule has 4 rings (SSSR count). The van der Waals surface area contributed by atoms with Crippen LogP contribution in [-0.2, 0) is 4.79 Å². The van der Waals surface area contributed by atoms with Crippen molar-refractivity contribution in [2.24, 2.45) is 0 Å². The Morgan fingerprint density at radius 3 is 2.58 bits per heavy atom. The smallest absolute Gasteiger partial charge is 0.254 e. The maximum Gasteiger partial charge on any atom is 0.254 e. The first-order valence-electron chi connectivity index (χ1n) is 10.7. The van der Waals surface area contributed by atoms with E-state index >= 15 is 0 Å². The number of rotatable bonds is 6. The van der Waals surface area contributed by atoms with Gasteiger partial charge in [0.15, 0.2) is 0 Å². The highest BCUT2D eigenvalue weighted by Crippen LogP contribution is 2.34. The van der Waals surface area contributed by atoms with E-state index in [0.717, 1.165) is 36.3 Å². The third kappa shape index (κ3) is 5.28. The van der Waals surface area contributed by atoms with Gasteiger partial charge in [-0.3, -0.25) is 9.59 Å². The van der Waals surface area contributed by atoms with Crippen LogP contribution in [0.2, 0.25) is 0 Å². The lowest BCUT2D eigenvalue weighted by Gasteiger charge is -2.31. The van der Waals surface area contributed by atoms with Gasteiger partial charge in [-0.05, 0) is 51.0 Å². The van der Waals surface area contributed by atoms with Crippen LogP contribution in [0.5, 0.6) is 0 Å². The number of carbonyl (C=O) groups is 2. The monoisotopic (exact) mass is 453 g/mol. The zero-order valence-corrected chi connectivity index (χ0v) is 19.5. The van der Waals surface area contributed by atoms with E-state index in [-0.39, 0.29) is 17.9 Å². The number of hydrogen-bond acceptors (Lipinski definition) is 5. The first-order chi connectivity index (χ1) is 15.0. The number of likely N-dealkylation sites (tertiary alicyclic amines) is 1. The van der Waals surface area contributed by atoms with Crippen molar-refractivity contribution in [3.05, 3.63) is 59.1 Å². The van der Waals surface area contributed by atoms with Crippen molar-refractivity contribution in [1.82, 2.24) is 15.2 Å². The van der Waals surface area contributed by atoms with Crippen molar-refractivity contribution in [2.75, 3.05) is 18.8 Å². The fraction of sp³-hybridized carbons (Fsp3) is 0.375. The zero-order valence-electron chi connectivity index (χ0n) is 17.8. The molecule has 2 heterocycles. The molecule has 0 bridgehead atoms. The molecule has 1 fully saturated rings. The lowest BCUT2D eigenvalue weighted by atomic mass is 9.97. The minimum atomic E-state index is -0.0149. The predicted octanol–water partition coefficient (Wildman–Crippen LogP) is 4.93. The third-order valence-corrected chi connectivity index (χ3v) is 7.64. The van der Waals surface area contributed by atoms with Gasteiger partial charge in [0, 0.05) is 29.9 Å². The minimum Gasteiger partial charge on any atom is -0.353 e. The van der Waals surface area contributed by atoms with Crippen LogP contribution in [0.4, 0.5) is 0 Å². The van der Waals surface area contributed by atoms with Gasteiger partial charge in [-0.1, -0.05) is 24.3 Å². The molecule has 162 valence electrons. The highest BCUT2D eigenvalue weighted by molar-refractivity contribution is 8.00. The van der Waals surface area contributed by atoms with Gasteiger partial charge in [0.25, 0.3) is 5.91 Å². The Hall–Kier alpha value is -2.38. The van der Waals surface area contributed by atoms with Gasteiger partial charge in [-0.15, -0.1) is 23.1 Å². The van der Waals surface area contributed by atoms with Gasteiger partial charge in [0.1, 0.15) is 0 Å². The molecule has 7 heteroatoms. The number of amides is 2. The van der Waals surface area contributed by atoms with Crippen LogP contribution in [0.25, 0.3) is 10.2 Å². The van der Waals surface area contributed by atoms with Crippen molar-refractivity contribution >= 4 is 45.1 Å². The summed E-state index contributed by atoms with van der Waals surface area (Å²) in [4.78, 5) is 32.9. The number of piperidine rings is 1. The lowest BCUT2D eigenvalue weighted by molar-refractivity contribution is -0.119. The van der Waals surface area contributed by atoms with E-state index in [9.17, 15) is 9.59 Å². The molecule has 3 aromatic rings. The first-order valence-corrected chi connectivity index (χ1v) is 12.5. The van der Waals surface area contributed by atoms with Crippen molar-refractivity contribution < 1.29 is 9.59 Å². The minimum absolute atomic E-state index is 0.0149. The summed E-state index contributed by atoms with van der Waals surface area (Å²) in [6, 6.07) is 16.0. The summed E-state index contributed by atoms with van der Waals surface area (Å²) in [5.41, 5.74) is 1.75. The van der Waals surface area contributed by atoms with E-state index in [4.69, 9.17) is 4.98 Å². The average Bonchev–Trinajstić information content (AvgIpc) is 3.21.